The van der Waals surface area contributed by atoms with Crippen molar-refractivity contribution in [1.82, 2.24) is 9.47 Å². The van der Waals surface area contributed by atoms with Crippen LogP contribution in [0.15, 0.2) is 47.5 Å². The topological polar surface area (TPSA) is 79.6 Å². The van der Waals surface area contributed by atoms with Crippen LogP contribution in [0.1, 0.15) is 23.0 Å². The molecule has 1 aromatic heterocycles. The van der Waals surface area contributed by atoms with E-state index in [1.807, 2.05) is 0 Å². The molecule has 0 unspecified atom stereocenters. The van der Waals surface area contributed by atoms with E-state index in [0.717, 1.165) is 11.8 Å². The lowest BCUT2D eigenvalue weighted by Crippen LogP contribution is -2.27. The summed E-state index contributed by atoms with van der Waals surface area (Å²) in [6.45, 7) is 2.09. The van der Waals surface area contributed by atoms with Crippen LogP contribution < -0.4 is 0 Å². The predicted molar refractivity (Wildman–Crippen MR) is 91.1 cm³/mol. The standard InChI is InChI=1S/C17H14N2O4S/c1-2-18-15(20)14(24-17(18)23)10-13-7-4-8-19(13)12-6-3-5-11(9-12)16(21)22/h3-10H,2H2,1H3,(H,21,22)/b14-10+. The molecule has 2 amide bonds. The van der Waals surface area contributed by atoms with Gasteiger partial charge in [0.2, 0.25) is 0 Å². The first-order valence-corrected chi connectivity index (χ1v) is 8.09. The number of likely N-dealkylation sites (N-methyl/N-ethyl adjacent to an activating group) is 1. The number of carboxylic acid groups (broad SMARTS) is 1. The van der Waals surface area contributed by atoms with Gasteiger partial charge in [0.15, 0.2) is 0 Å². The minimum absolute atomic E-state index is 0.179. The van der Waals surface area contributed by atoms with Gasteiger partial charge >= 0.3 is 5.97 Å². The first-order valence-electron chi connectivity index (χ1n) is 7.27. The maximum atomic E-state index is 12.2. The average molecular weight is 342 g/mol. The van der Waals surface area contributed by atoms with E-state index >= 15 is 0 Å². The Bertz CT molecular complexity index is 869. The van der Waals surface area contributed by atoms with E-state index in [-0.39, 0.29) is 16.7 Å². The van der Waals surface area contributed by atoms with Crippen molar-refractivity contribution in [1.29, 1.82) is 0 Å². The van der Waals surface area contributed by atoms with Crippen molar-refractivity contribution in [3.63, 3.8) is 0 Å². The van der Waals surface area contributed by atoms with Crippen molar-refractivity contribution in [2.75, 3.05) is 6.54 Å². The highest BCUT2D eigenvalue weighted by molar-refractivity contribution is 8.18. The van der Waals surface area contributed by atoms with Gasteiger partial charge in [-0.25, -0.2) is 4.79 Å². The van der Waals surface area contributed by atoms with E-state index in [2.05, 4.69) is 0 Å². The van der Waals surface area contributed by atoms with E-state index in [4.69, 9.17) is 5.11 Å². The Labute approximate surface area is 142 Å². The minimum Gasteiger partial charge on any atom is -0.478 e. The molecule has 7 heteroatoms. The van der Waals surface area contributed by atoms with Crippen molar-refractivity contribution in [3.8, 4) is 5.69 Å². The number of benzene rings is 1. The van der Waals surface area contributed by atoms with Gasteiger partial charge in [0.25, 0.3) is 11.1 Å². The summed E-state index contributed by atoms with van der Waals surface area (Å²) < 4.78 is 1.77. The van der Waals surface area contributed by atoms with Crippen LogP contribution in [0.5, 0.6) is 0 Å². The number of thioether (sulfide) groups is 1. The molecule has 1 fully saturated rings. The molecule has 2 aromatic rings. The van der Waals surface area contributed by atoms with Gasteiger partial charge < -0.3 is 9.67 Å². The van der Waals surface area contributed by atoms with Crippen LogP contribution in [0.3, 0.4) is 0 Å². The molecule has 24 heavy (non-hydrogen) atoms. The predicted octanol–water partition coefficient (Wildman–Crippen LogP) is 3.23. The molecule has 0 aliphatic carbocycles. The fourth-order valence-corrected chi connectivity index (χ4v) is 3.33. The molecule has 1 aliphatic heterocycles. The Morgan fingerprint density at radius 2 is 2.04 bits per heavy atom. The van der Waals surface area contributed by atoms with E-state index in [9.17, 15) is 14.4 Å². The zero-order valence-electron chi connectivity index (χ0n) is 12.8. The number of nitrogens with zero attached hydrogens (tertiary/aromatic N) is 2. The summed E-state index contributed by atoms with van der Waals surface area (Å²) >= 11 is 0.908. The summed E-state index contributed by atoms with van der Waals surface area (Å²) in [7, 11) is 0. The molecule has 1 saturated heterocycles. The zero-order valence-corrected chi connectivity index (χ0v) is 13.6. The summed E-state index contributed by atoms with van der Waals surface area (Å²) in [6.07, 6.45) is 3.42. The molecule has 1 N–H and O–H groups in total. The number of amides is 2. The van der Waals surface area contributed by atoms with Crippen LogP contribution in [0, 0.1) is 0 Å². The molecule has 0 spiro atoms. The van der Waals surface area contributed by atoms with Gasteiger partial charge in [0.1, 0.15) is 0 Å². The van der Waals surface area contributed by atoms with Gasteiger partial charge in [-0.3, -0.25) is 14.5 Å². The quantitative estimate of drug-likeness (QED) is 0.863. The lowest BCUT2D eigenvalue weighted by molar-refractivity contribution is -0.122. The van der Waals surface area contributed by atoms with Crippen LogP contribution >= 0.6 is 11.8 Å². The highest BCUT2D eigenvalue weighted by Crippen LogP contribution is 2.32. The maximum absolute atomic E-state index is 12.2. The number of rotatable bonds is 4. The monoisotopic (exact) mass is 342 g/mol. The van der Waals surface area contributed by atoms with Crippen molar-refractivity contribution in [2.45, 2.75) is 6.92 Å². The number of hydrogen-bond acceptors (Lipinski definition) is 4. The highest BCUT2D eigenvalue weighted by Gasteiger charge is 2.33. The highest BCUT2D eigenvalue weighted by atomic mass is 32.2. The Morgan fingerprint density at radius 1 is 1.25 bits per heavy atom. The number of hydrogen-bond donors (Lipinski definition) is 1. The van der Waals surface area contributed by atoms with Crippen LogP contribution in [-0.2, 0) is 4.79 Å². The second-order valence-corrected chi connectivity index (χ2v) is 6.08. The molecular weight excluding hydrogens is 328 g/mol. The Kier molecular flexibility index (Phi) is 4.26. The number of carbonyl (C=O) groups excluding carboxylic acids is 2. The first-order chi connectivity index (χ1) is 11.5. The van der Waals surface area contributed by atoms with Crippen molar-refractivity contribution >= 4 is 35.0 Å². The number of aromatic carboxylic acids is 1. The summed E-state index contributed by atoms with van der Waals surface area (Å²) in [5.74, 6) is -1.31. The van der Waals surface area contributed by atoms with Gasteiger partial charge in [0.05, 0.1) is 10.5 Å². The van der Waals surface area contributed by atoms with Crippen LogP contribution in [0.25, 0.3) is 11.8 Å². The van der Waals surface area contributed by atoms with Crippen LogP contribution in [0.2, 0.25) is 0 Å². The molecule has 0 radical (unpaired) electrons. The SMILES string of the molecule is CCN1C(=O)S/C(=C/c2cccn2-c2cccc(C(=O)O)c2)C1=O. The Balaban J connectivity index is 1.99. The summed E-state index contributed by atoms with van der Waals surface area (Å²) in [5, 5.41) is 8.84. The van der Waals surface area contributed by atoms with Crippen LogP contribution in [-0.4, -0.2) is 38.2 Å². The summed E-state index contributed by atoms with van der Waals surface area (Å²) in [6, 6.07) is 10.1. The second-order valence-electron chi connectivity index (χ2n) is 5.08. The molecule has 0 saturated carbocycles. The molecule has 1 aliphatic rings. The zero-order chi connectivity index (χ0) is 17.3. The number of imide groups is 1. The molecular formula is C17H14N2O4S. The smallest absolute Gasteiger partial charge is 0.335 e. The molecule has 0 atom stereocenters. The van der Waals surface area contributed by atoms with Crippen LogP contribution in [0.4, 0.5) is 4.79 Å². The van der Waals surface area contributed by atoms with Gasteiger partial charge in [0, 0.05) is 24.1 Å². The van der Waals surface area contributed by atoms with E-state index in [0.29, 0.717) is 22.8 Å². The minimum atomic E-state index is -1.00. The third-order valence-corrected chi connectivity index (χ3v) is 4.53. The lowest BCUT2D eigenvalue weighted by atomic mass is 10.2. The Hall–Kier alpha value is -2.80. The molecule has 122 valence electrons. The number of carboxylic acids is 1. The van der Waals surface area contributed by atoms with E-state index < -0.39 is 5.97 Å². The van der Waals surface area contributed by atoms with Crippen molar-refractivity contribution in [3.05, 3.63) is 58.8 Å². The maximum Gasteiger partial charge on any atom is 0.335 e. The number of aromatic nitrogens is 1. The van der Waals surface area contributed by atoms with Gasteiger partial charge in [-0.15, -0.1) is 0 Å². The third kappa shape index (κ3) is 2.85. The summed E-state index contributed by atoms with van der Waals surface area (Å²) in [5.41, 5.74) is 1.54. The fourth-order valence-electron chi connectivity index (χ4n) is 2.44. The molecule has 1 aromatic carbocycles. The number of carbonyl (C=O) groups is 3. The van der Waals surface area contributed by atoms with E-state index in [1.165, 1.54) is 11.0 Å². The van der Waals surface area contributed by atoms with E-state index in [1.54, 1.807) is 54.1 Å². The van der Waals surface area contributed by atoms with Gasteiger partial charge in [-0.05, 0) is 55.1 Å². The molecule has 6 nitrogen and oxygen atoms in total. The molecule has 2 heterocycles. The van der Waals surface area contributed by atoms with Gasteiger partial charge in [-0.2, -0.15) is 0 Å². The van der Waals surface area contributed by atoms with Crippen molar-refractivity contribution in [2.24, 2.45) is 0 Å². The Morgan fingerprint density at radius 3 is 2.71 bits per heavy atom. The van der Waals surface area contributed by atoms with Gasteiger partial charge in [-0.1, -0.05) is 6.07 Å². The normalized spacial score (nSPS) is 16.2. The van der Waals surface area contributed by atoms with Crippen molar-refractivity contribution < 1.29 is 19.5 Å². The largest absolute Gasteiger partial charge is 0.478 e. The average Bonchev–Trinajstić information content (AvgIpc) is 3.12. The third-order valence-electron chi connectivity index (χ3n) is 3.62. The second kappa shape index (κ2) is 6.37. The first kappa shape index (κ1) is 16.1. The molecule has 3 rings (SSSR count). The fraction of sp³-hybridized carbons (Fsp3) is 0.118. The lowest BCUT2D eigenvalue weighted by Gasteiger charge is -2.09. The summed E-state index contributed by atoms with van der Waals surface area (Å²) in [4.78, 5) is 36.6. The molecule has 0 bridgehead atoms.